The van der Waals surface area contributed by atoms with Crippen LogP contribution < -0.4 is 0 Å². The molecule has 0 bridgehead atoms. The van der Waals surface area contributed by atoms with Crippen molar-refractivity contribution < 1.29 is 19.4 Å². The van der Waals surface area contributed by atoms with E-state index in [1.54, 1.807) is 25.3 Å². The Morgan fingerprint density at radius 2 is 2.25 bits per heavy atom. The van der Waals surface area contributed by atoms with E-state index in [0.717, 1.165) is 5.56 Å². The Bertz CT molecular complexity index is 349. The third-order valence-electron chi connectivity index (χ3n) is 2.11. The molecule has 1 rings (SSSR count). The van der Waals surface area contributed by atoms with Gasteiger partial charge in [0.15, 0.2) is 0 Å². The van der Waals surface area contributed by atoms with Crippen molar-refractivity contribution in [2.45, 2.75) is 19.6 Å². The lowest BCUT2D eigenvalue weighted by atomic mass is 10.1. The Morgan fingerprint density at radius 1 is 1.50 bits per heavy atom. The fourth-order valence-corrected chi connectivity index (χ4v) is 1.32. The van der Waals surface area contributed by atoms with E-state index in [1.807, 2.05) is 13.0 Å². The summed E-state index contributed by atoms with van der Waals surface area (Å²) in [4.78, 5) is 10.7. The molecule has 0 aromatic heterocycles. The SMILES string of the molecule is COCC(C)OCc1cccc(C(=O)O)c1. The topological polar surface area (TPSA) is 55.8 Å². The molecule has 4 heteroatoms. The summed E-state index contributed by atoms with van der Waals surface area (Å²) in [6.45, 7) is 2.83. The van der Waals surface area contributed by atoms with Crippen molar-refractivity contribution in [3.05, 3.63) is 35.4 Å². The number of hydrogen-bond donors (Lipinski definition) is 1. The van der Waals surface area contributed by atoms with Crippen LogP contribution in [0, 0.1) is 0 Å². The van der Waals surface area contributed by atoms with Gasteiger partial charge in [-0.05, 0) is 24.6 Å². The van der Waals surface area contributed by atoms with Crippen LogP contribution in [0.5, 0.6) is 0 Å². The van der Waals surface area contributed by atoms with Gasteiger partial charge in [0.2, 0.25) is 0 Å². The Morgan fingerprint density at radius 3 is 2.88 bits per heavy atom. The van der Waals surface area contributed by atoms with E-state index in [0.29, 0.717) is 13.2 Å². The van der Waals surface area contributed by atoms with Gasteiger partial charge in [0.1, 0.15) is 0 Å². The lowest BCUT2D eigenvalue weighted by Crippen LogP contribution is -2.14. The van der Waals surface area contributed by atoms with Crippen LogP contribution in [0.3, 0.4) is 0 Å². The molecule has 0 saturated heterocycles. The summed E-state index contributed by atoms with van der Waals surface area (Å²) in [6, 6.07) is 6.72. The van der Waals surface area contributed by atoms with E-state index in [-0.39, 0.29) is 11.7 Å². The van der Waals surface area contributed by atoms with Crippen LogP contribution >= 0.6 is 0 Å². The second-order valence-electron chi connectivity index (χ2n) is 3.58. The Kier molecular flexibility index (Phi) is 4.95. The van der Waals surface area contributed by atoms with E-state index >= 15 is 0 Å². The molecule has 0 aliphatic heterocycles. The predicted octanol–water partition coefficient (Wildman–Crippen LogP) is 1.94. The Labute approximate surface area is 94.8 Å². The number of aromatic carboxylic acids is 1. The van der Waals surface area contributed by atoms with Crippen molar-refractivity contribution in [2.75, 3.05) is 13.7 Å². The maximum Gasteiger partial charge on any atom is 0.335 e. The minimum atomic E-state index is -0.924. The highest BCUT2D eigenvalue weighted by Crippen LogP contribution is 2.08. The van der Waals surface area contributed by atoms with Gasteiger partial charge in [-0.3, -0.25) is 0 Å². The minimum absolute atomic E-state index is 0.00140. The molecule has 0 heterocycles. The quantitative estimate of drug-likeness (QED) is 0.802. The van der Waals surface area contributed by atoms with Gasteiger partial charge in [-0.25, -0.2) is 4.79 Å². The zero-order chi connectivity index (χ0) is 12.0. The third kappa shape index (κ3) is 4.00. The fraction of sp³-hybridized carbons (Fsp3) is 0.417. The molecule has 1 unspecified atom stereocenters. The summed E-state index contributed by atoms with van der Waals surface area (Å²) in [7, 11) is 1.62. The number of carboxylic acid groups (broad SMARTS) is 1. The molecule has 0 fully saturated rings. The van der Waals surface area contributed by atoms with Gasteiger partial charge in [0, 0.05) is 7.11 Å². The normalized spacial score (nSPS) is 12.4. The number of rotatable bonds is 6. The van der Waals surface area contributed by atoms with Gasteiger partial charge >= 0.3 is 5.97 Å². The van der Waals surface area contributed by atoms with Crippen LogP contribution in [0.1, 0.15) is 22.8 Å². The zero-order valence-corrected chi connectivity index (χ0v) is 9.47. The molecule has 16 heavy (non-hydrogen) atoms. The lowest BCUT2D eigenvalue weighted by Gasteiger charge is -2.11. The number of ether oxygens (including phenoxy) is 2. The maximum absolute atomic E-state index is 10.7. The first kappa shape index (κ1) is 12.7. The summed E-state index contributed by atoms with van der Waals surface area (Å²) >= 11 is 0. The maximum atomic E-state index is 10.7. The van der Waals surface area contributed by atoms with E-state index < -0.39 is 5.97 Å². The van der Waals surface area contributed by atoms with Crippen molar-refractivity contribution in [1.82, 2.24) is 0 Å². The van der Waals surface area contributed by atoms with Crippen molar-refractivity contribution in [3.8, 4) is 0 Å². The first-order chi connectivity index (χ1) is 7.63. The minimum Gasteiger partial charge on any atom is -0.478 e. The van der Waals surface area contributed by atoms with Gasteiger partial charge < -0.3 is 14.6 Å². The monoisotopic (exact) mass is 224 g/mol. The zero-order valence-electron chi connectivity index (χ0n) is 9.47. The molecule has 0 amide bonds. The molecule has 0 spiro atoms. The molecule has 1 N–H and O–H groups in total. The van der Waals surface area contributed by atoms with E-state index in [9.17, 15) is 4.79 Å². The van der Waals surface area contributed by atoms with Gasteiger partial charge in [0.25, 0.3) is 0 Å². The molecular formula is C12H16O4. The average molecular weight is 224 g/mol. The van der Waals surface area contributed by atoms with E-state index in [2.05, 4.69) is 0 Å². The molecule has 1 aromatic carbocycles. The molecule has 1 atom stereocenters. The number of benzene rings is 1. The van der Waals surface area contributed by atoms with Crippen LogP contribution in [0.4, 0.5) is 0 Å². The lowest BCUT2D eigenvalue weighted by molar-refractivity contribution is -0.000146. The van der Waals surface area contributed by atoms with Crippen molar-refractivity contribution in [2.24, 2.45) is 0 Å². The van der Waals surface area contributed by atoms with Gasteiger partial charge in [0.05, 0.1) is 24.9 Å². The molecule has 0 aliphatic carbocycles. The highest BCUT2D eigenvalue weighted by molar-refractivity contribution is 5.87. The molecule has 1 aromatic rings. The highest BCUT2D eigenvalue weighted by atomic mass is 16.5. The van der Waals surface area contributed by atoms with Gasteiger partial charge in [-0.2, -0.15) is 0 Å². The second-order valence-corrected chi connectivity index (χ2v) is 3.58. The smallest absolute Gasteiger partial charge is 0.335 e. The molecule has 0 saturated carbocycles. The van der Waals surface area contributed by atoms with Crippen LogP contribution in [-0.2, 0) is 16.1 Å². The Balaban J connectivity index is 2.54. The number of carboxylic acids is 1. The molecule has 0 radical (unpaired) electrons. The van der Waals surface area contributed by atoms with Crippen molar-refractivity contribution in [1.29, 1.82) is 0 Å². The van der Waals surface area contributed by atoms with E-state index in [1.165, 1.54) is 0 Å². The summed E-state index contributed by atoms with van der Waals surface area (Å²) in [5.41, 5.74) is 1.13. The standard InChI is InChI=1S/C12H16O4/c1-9(7-15-2)16-8-10-4-3-5-11(6-10)12(13)14/h3-6,9H,7-8H2,1-2H3,(H,13,14). The van der Waals surface area contributed by atoms with Gasteiger partial charge in [-0.15, -0.1) is 0 Å². The van der Waals surface area contributed by atoms with Crippen LogP contribution in [0.2, 0.25) is 0 Å². The summed E-state index contributed by atoms with van der Waals surface area (Å²) in [5, 5.41) is 8.81. The molecular weight excluding hydrogens is 208 g/mol. The molecule has 0 aliphatic rings. The number of carbonyl (C=O) groups is 1. The molecule has 4 nitrogen and oxygen atoms in total. The summed E-state index contributed by atoms with van der Waals surface area (Å²) in [5.74, 6) is -0.924. The number of methoxy groups -OCH3 is 1. The van der Waals surface area contributed by atoms with Crippen molar-refractivity contribution >= 4 is 5.97 Å². The largest absolute Gasteiger partial charge is 0.478 e. The third-order valence-corrected chi connectivity index (χ3v) is 2.11. The van der Waals surface area contributed by atoms with Crippen molar-refractivity contribution in [3.63, 3.8) is 0 Å². The average Bonchev–Trinajstić information content (AvgIpc) is 2.27. The van der Waals surface area contributed by atoms with Crippen LogP contribution in [0.15, 0.2) is 24.3 Å². The highest BCUT2D eigenvalue weighted by Gasteiger charge is 2.05. The van der Waals surface area contributed by atoms with E-state index in [4.69, 9.17) is 14.6 Å². The van der Waals surface area contributed by atoms with Crippen LogP contribution in [-0.4, -0.2) is 30.9 Å². The summed E-state index contributed by atoms with van der Waals surface area (Å²) in [6.07, 6.45) is -0.00140. The first-order valence-electron chi connectivity index (χ1n) is 5.06. The second kappa shape index (κ2) is 6.25. The Hall–Kier alpha value is -1.39. The number of hydrogen-bond acceptors (Lipinski definition) is 3. The fourth-order valence-electron chi connectivity index (χ4n) is 1.32. The summed E-state index contributed by atoms with van der Waals surface area (Å²) < 4.78 is 10.4. The predicted molar refractivity (Wildman–Crippen MR) is 59.5 cm³/mol. The van der Waals surface area contributed by atoms with Crippen LogP contribution in [0.25, 0.3) is 0 Å². The van der Waals surface area contributed by atoms with Gasteiger partial charge in [-0.1, -0.05) is 12.1 Å². The first-order valence-corrected chi connectivity index (χ1v) is 5.06. The molecule has 88 valence electrons.